The number of hydrogen-bond donors (Lipinski definition) is 1. The van der Waals surface area contributed by atoms with Gasteiger partial charge in [-0.2, -0.15) is 18.3 Å². The molecule has 1 heterocycles. The second-order valence-corrected chi connectivity index (χ2v) is 4.70. The maximum absolute atomic E-state index is 12.4. The van der Waals surface area contributed by atoms with E-state index in [1.165, 1.54) is 6.20 Å². The maximum Gasteiger partial charge on any atom is 0.420 e. The number of alkyl halides is 3. The van der Waals surface area contributed by atoms with Gasteiger partial charge in [-0.1, -0.05) is 0 Å². The van der Waals surface area contributed by atoms with Crippen LogP contribution >= 0.6 is 15.9 Å². The number of aliphatic hydroxyl groups excluding tert-OH is 1. The molecule has 1 aromatic rings. The fraction of sp³-hybridized carbons (Fsp3) is 0.667. The van der Waals surface area contributed by atoms with Crippen molar-refractivity contribution in [2.75, 3.05) is 20.6 Å². The van der Waals surface area contributed by atoms with Crippen molar-refractivity contribution in [3.05, 3.63) is 16.4 Å². The second-order valence-electron chi connectivity index (χ2n) is 3.85. The first-order valence-electron chi connectivity index (χ1n) is 4.84. The van der Waals surface area contributed by atoms with Crippen LogP contribution in [0.25, 0.3) is 0 Å². The zero-order valence-corrected chi connectivity index (χ0v) is 11.0. The van der Waals surface area contributed by atoms with E-state index in [4.69, 9.17) is 0 Å². The first-order chi connectivity index (χ1) is 7.73. The van der Waals surface area contributed by atoms with E-state index in [1.807, 2.05) is 4.90 Å². The molecular formula is C9H13BrF3N3O. The zero-order chi connectivity index (χ0) is 13.2. The third-order valence-electron chi connectivity index (χ3n) is 2.16. The van der Waals surface area contributed by atoms with Crippen molar-refractivity contribution in [1.29, 1.82) is 0 Å². The van der Waals surface area contributed by atoms with E-state index >= 15 is 0 Å². The molecule has 4 nitrogen and oxygen atoms in total. The summed E-state index contributed by atoms with van der Waals surface area (Å²) < 4.78 is 38.7. The first kappa shape index (κ1) is 14.5. The second kappa shape index (κ2) is 5.36. The van der Waals surface area contributed by atoms with E-state index in [2.05, 4.69) is 21.0 Å². The summed E-state index contributed by atoms with van der Waals surface area (Å²) in [5.41, 5.74) is -0.264. The molecule has 1 rings (SSSR count). The average Bonchev–Trinajstić information content (AvgIpc) is 2.54. The van der Waals surface area contributed by atoms with Crippen LogP contribution < -0.4 is 0 Å². The van der Waals surface area contributed by atoms with Crippen molar-refractivity contribution < 1.29 is 18.3 Å². The van der Waals surface area contributed by atoms with E-state index in [0.29, 0.717) is 6.54 Å². The quantitative estimate of drug-likeness (QED) is 0.921. The van der Waals surface area contributed by atoms with Crippen LogP contribution in [0.2, 0.25) is 0 Å². The first-order valence-corrected chi connectivity index (χ1v) is 5.63. The molecule has 8 heteroatoms. The zero-order valence-electron chi connectivity index (χ0n) is 9.37. The van der Waals surface area contributed by atoms with Crippen LogP contribution in [0.15, 0.2) is 10.7 Å². The lowest BCUT2D eigenvalue weighted by Gasteiger charge is -2.18. The Morgan fingerprint density at radius 3 is 2.59 bits per heavy atom. The Morgan fingerprint density at radius 2 is 2.12 bits per heavy atom. The lowest BCUT2D eigenvalue weighted by molar-refractivity contribution is -0.209. The number of rotatable bonds is 4. The number of halogens is 4. The van der Waals surface area contributed by atoms with Crippen LogP contribution in [-0.2, 0) is 6.54 Å². The van der Waals surface area contributed by atoms with Crippen LogP contribution in [0.5, 0.6) is 0 Å². The standard InChI is InChI=1S/C9H13BrF3N3O/c1-15(2)3-4-16-7(6(10)5-14-16)8(17)9(11,12)13/h5,8,17H,3-4H2,1-2H3/t8-/m0/s1. The minimum absolute atomic E-state index is 0.154. The molecule has 1 atom stereocenters. The van der Waals surface area contributed by atoms with Gasteiger partial charge in [-0.25, -0.2) is 0 Å². The molecule has 0 amide bonds. The monoisotopic (exact) mass is 315 g/mol. The largest absolute Gasteiger partial charge is 0.420 e. The minimum atomic E-state index is -4.70. The molecule has 0 saturated heterocycles. The molecule has 1 N–H and O–H groups in total. The van der Waals surface area contributed by atoms with Crippen molar-refractivity contribution in [1.82, 2.24) is 14.7 Å². The van der Waals surface area contributed by atoms with Gasteiger partial charge < -0.3 is 10.0 Å². The average molecular weight is 316 g/mol. The molecule has 0 fully saturated rings. The normalized spacial score (nSPS) is 14.4. The van der Waals surface area contributed by atoms with E-state index in [9.17, 15) is 18.3 Å². The Kier molecular flexibility index (Phi) is 4.56. The summed E-state index contributed by atoms with van der Waals surface area (Å²) in [7, 11) is 3.61. The molecule has 98 valence electrons. The smallest absolute Gasteiger partial charge is 0.378 e. The highest BCUT2D eigenvalue weighted by Crippen LogP contribution is 2.35. The summed E-state index contributed by atoms with van der Waals surface area (Å²) in [6.45, 7) is 0.812. The van der Waals surface area contributed by atoms with Crippen molar-refractivity contribution in [2.24, 2.45) is 0 Å². The number of nitrogens with zero attached hydrogens (tertiary/aromatic N) is 3. The van der Waals surface area contributed by atoms with Crippen LogP contribution in [0, 0.1) is 0 Å². The van der Waals surface area contributed by atoms with Crippen molar-refractivity contribution >= 4 is 15.9 Å². The summed E-state index contributed by atoms with van der Waals surface area (Å²) in [4.78, 5) is 1.82. The molecule has 0 radical (unpaired) electrons. The van der Waals surface area contributed by atoms with Crippen LogP contribution in [0.1, 0.15) is 11.8 Å². The molecule has 0 aliphatic heterocycles. The summed E-state index contributed by atoms with van der Waals surface area (Å²) in [6.07, 6.45) is -5.97. The Morgan fingerprint density at radius 1 is 1.53 bits per heavy atom. The molecule has 0 aliphatic rings. The molecular weight excluding hydrogens is 303 g/mol. The van der Waals surface area contributed by atoms with E-state index in [1.54, 1.807) is 14.1 Å². The van der Waals surface area contributed by atoms with Gasteiger partial charge in [0.25, 0.3) is 0 Å². The summed E-state index contributed by atoms with van der Waals surface area (Å²) in [5, 5.41) is 13.0. The lowest BCUT2D eigenvalue weighted by atomic mass is 10.2. The van der Waals surface area contributed by atoms with Gasteiger partial charge in [-0.15, -0.1) is 0 Å². The highest BCUT2D eigenvalue weighted by molar-refractivity contribution is 9.10. The van der Waals surface area contributed by atoms with Gasteiger partial charge in [0.05, 0.1) is 22.9 Å². The predicted octanol–water partition coefficient (Wildman–Crippen LogP) is 1.80. The Balaban J connectivity index is 2.94. The summed E-state index contributed by atoms with van der Waals surface area (Å²) in [5.74, 6) is 0. The van der Waals surface area contributed by atoms with Crippen molar-refractivity contribution in [3.63, 3.8) is 0 Å². The number of aromatic nitrogens is 2. The number of likely N-dealkylation sites (N-methyl/N-ethyl adjacent to an activating group) is 1. The Labute approximate surface area is 105 Å². The van der Waals surface area contributed by atoms with Gasteiger partial charge in [0.2, 0.25) is 0 Å². The van der Waals surface area contributed by atoms with Gasteiger partial charge >= 0.3 is 6.18 Å². The molecule has 0 spiro atoms. The van der Waals surface area contributed by atoms with Crippen LogP contribution in [-0.4, -0.2) is 46.6 Å². The maximum atomic E-state index is 12.4. The highest BCUT2D eigenvalue weighted by Gasteiger charge is 2.42. The van der Waals surface area contributed by atoms with Gasteiger partial charge in [-0.3, -0.25) is 4.68 Å². The third-order valence-corrected chi connectivity index (χ3v) is 2.77. The summed E-state index contributed by atoms with van der Waals surface area (Å²) >= 11 is 2.96. The van der Waals surface area contributed by atoms with Crippen LogP contribution in [0.3, 0.4) is 0 Å². The molecule has 0 unspecified atom stereocenters. The topological polar surface area (TPSA) is 41.3 Å². The van der Waals surface area contributed by atoms with Crippen LogP contribution in [0.4, 0.5) is 13.2 Å². The molecule has 17 heavy (non-hydrogen) atoms. The minimum Gasteiger partial charge on any atom is -0.378 e. The van der Waals surface area contributed by atoms with Gasteiger partial charge in [-0.05, 0) is 30.0 Å². The SMILES string of the molecule is CN(C)CCn1ncc(Br)c1[C@H](O)C(F)(F)F. The summed E-state index contributed by atoms with van der Waals surface area (Å²) in [6, 6.07) is 0. The van der Waals surface area contributed by atoms with E-state index < -0.39 is 12.3 Å². The number of hydrogen-bond acceptors (Lipinski definition) is 3. The molecule has 0 aliphatic carbocycles. The molecule has 1 aromatic heterocycles. The molecule has 0 aromatic carbocycles. The van der Waals surface area contributed by atoms with Crippen molar-refractivity contribution in [2.45, 2.75) is 18.8 Å². The van der Waals surface area contributed by atoms with Gasteiger partial charge in [0.15, 0.2) is 6.10 Å². The third kappa shape index (κ3) is 3.68. The van der Waals surface area contributed by atoms with E-state index in [0.717, 1.165) is 4.68 Å². The highest BCUT2D eigenvalue weighted by atomic mass is 79.9. The van der Waals surface area contributed by atoms with E-state index in [-0.39, 0.29) is 16.7 Å². The number of aliphatic hydroxyl groups is 1. The van der Waals surface area contributed by atoms with Gasteiger partial charge in [0.1, 0.15) is 0 Å². The van der Waals surface area contributed by atoms with Gasteiger partial charge in [0, 0.05) is 6.54 Å². The fourth-order valence-corrected chi connectivity index (χ4v) is 1.78. The molecule has 0 saturated carbocycles. The lowest BCUT2D eigenvalue weighted by Crippen LogP contribution is -2.26. The Hall–Kier alpha value is -0.600. The van der Waals surface area contributed by atoms with Crippen molar-refractivity contribution in [3.8, 4) is 0 Å². The fourth-order valence-electron chi connectivity index (χ4n) is 1.27. The predicted molar refractivity (Wildman–Crippen MR) is 59.5 cm³/mol. The Bertz CT molecular complexity index is 378. The molecule has 0 bridgehead atoms.